The predicted octanol–water partition coefficient (Wildman–Crippen LogP) is 0.243. The van der Waals surface area contributed by atoms with Crippen LogP contribution >= 0.6 is 8.69 Å². The number of hydrogen-bond acceptors (Lipinski definition) is 1. The van der Waals surface area contributed by atoms with Crippen molar-refractivity contribution in [2.75, 3.05) is 0 Å². The SMILES string of the molecule is C[CH2][Na].O=[PH2]O. The zero-order chi connectivity index (χ0) is 5.41. The summed E-state index contributed by atoms with van der Waals surface area (Å²) >= 11 is 1.37. The van der Waals surface area contributed by atoms with Crippen molar-refractivity contribution >= 4 is 36.6 Å². The molecule has 0 spiro atoms. The monoisotopic (exact) mass is 118 g/mol. The van der Waals surface area contributed by atoms with Gasteiger partial charge in [0.05, 0.1) is 0 Å². The van der Waals surface area contributed by atoms with Crippen LogP contribution in [0.3, 0.4) is 0 Å². The van der Waals surface area contributed by atoms with Gasteiger partial charge >= 0.3 is 38.5 Å². The molecule has 0 aromatic rings. The molecule has 0 rings (SSSR count). The van der Waals surface area contributed by atoms with Gasteiger partial charge in [-0.1, -0.05) is 0 Å². The van der Waals surface area contributed by atoms with Gasteiger partial charge in [-0.05, 0) is 0 Å². The molecule has 0 radical (unpaired) electrons. The van der Waals surface area contributed by atoms with Crippen LogP contribution in [0.1, 0.15) is 6.92 Å². The van der Waals surface area contributed by atoms with Crippen LogP contribution in [0.5, 0.6) is 0 Å². The first-order valence-electron chi connectivity index (χ1n) is 1.91. The second-order valence-corrected chi connectivity index (χ2v) is 2.44. The summed E-state index contributed by atoms with van der Waals surface area (Å²) in [6.45, 7) is 2.19. The molecule has 0 aromatic carbocycles. The van der Waals surface area contributed by atoms with E-state index in [0.717, 1.165) is 0 Å². The van der Waals surface area contributed by atoms with E-state index in [1.54, 1.807) is 0 Å². The van der Waals surface area contributed by atoms with Crippen molar-refractivity contribution in [1.29, 1.82) is 0 Å². The molecule has 0 heterocycles. The van der Waals surface area contributed by atoms with Crippen LogP contribution in [0.25, 0.3) is 0 Å². The van der Waals surface area contributed by atoms with Crippen molar-refractivity contribution < 1.29 is 9.46 Å². The zero-order valence-electron chi connectivity index (χ0n) is 4.14. The van der Waals surface area contributed by atoms with Crippen LogP contribution in [0.4, 0.5) is 0 Å². The van der Waals surface area contributed by atoms with Crippen LogP contribution in [0.2, 0.25) is 3.67 Å². The summed E-state index contributed by atoms with van der Waals surface area (Å²) in [6, 6.07) is 0. The normalized spacial score (nSPS) is 8.00. The van der Waals surface area contributed by atoms with Crippen molar-refractivity contribution in [3.05, 3.63) is 0 Å². The van der Waals surface area contributed by atoms with Gasteiger partial charge < -0.3 is 4.89 Å². The summed E-state index contributed by atoms with van der Waals surface area (Å²) in [6.07, 6.45) is 0. The second kappa shape index (κ2) is 16.4. The molecule has 1 N–H and O–H groups in total. The fourth-order valence-electron chi connectivity index (χ4n) is 0. The smallest absolute Gasteiger partial charge is 0.177 e. The van der Waals surface area contributed by atoms with Gasteiger partial charge in [0.25, 0.3) is 0 Å². The third-order valence-corrected chi connectivity index (χ3v) is 0. The third-order valence-electron chi connectivity index (χ3n) is 0. The molecule has 0 aliphatic carbocycles. The molecular formula is C2H8NaO2P. The average Bonchev–Trinajstić information content (AvgIpc) is 1.39. The van der Waals surface area contributed by atoms with Gasteiger partial charge in [-0.15, -0.1) is 0 Å². The summed E-state index contributed by atoms with van der Waals surface area (Å²) in [5, 5.41) is 0. The Hall–Kier alpha value is 1.19. The maximum atomic E-state index is 8.57. The fraction of sp³-hybridized carbons (Fsp3) is 1.00. The van der Waals surface area contributed by atoms with Crippen molar-refractivity contribution in [3.63, 3.8) is 0 Å². The first-order valence-corrected chi connectivity index (χ1v) is 4.31. The minimum Gasteiger partial charge on any atom is -0.348 e. The van der Waals surface area contributed by atoms with Crippen molar-refractivity contribution in [3.8, 4) is 0 Å². The minimum atomic E-state index is -1.50. The first-order chi connectivity index (χ1) is 2.83. The summed E-state index contributed by atoms with van der Waals surface area (Å²) in [5.74, 6) is 0. The molecule has 4 heteroatoms. The number of rotatable bonds is 0. The Balaban J connectivity index is 0. The molecule has 2 nitrogen and oxygen atoms in total. The van der Waals surface area contributed by atoms with Gasteiger partial charge in [-0.3, -0.25) is 4.57 Å². The van der Waals surface area contributed by atoms with Crippen LogP contribution in [0.15, 0.2) is 0 Å². The molecule has 6 heavy (non-hydrogen) atoms. The topological polar surface area (TPSA) is 37.3 Å². The van der Waals surface area contributed by atoms with Gasteiger partial charge in [0.15, 0.2) is 8.69 Å². The summed E-state index contributed by atoms with van der Waals surface area (Å²) in [4.78, 5) is 7.10. The Morgan fingerprint density at radius 3 is 2.00 bits per heavy atom. The van der Waals surface area contributed by atoms with Crippen LogP contribution < -0.4 is 0 Å². The van der Waals surface area contributed by atoms with Gasteiger partial charge in [0, 0.05) is 0 Å². The fourth-order valence-corrected chi connectivity index (χ4v) is 0. The van der Waals surface area contributed by atoms with E-state index in [-0.39, 0.29) is 0 Å². The minimum absolute atomic E-state index is 1.37. The Morgan fingerprint density at radius 1 is 2.00 bits per heavy atom. The van der Waals surface area contributed by atoms with E-state index in [9.17, 15) is 0 Å². The van der Waals surface area contributed by atoms with E-state index >= 15 is 0 Å². The number of hydrogen-bond donors (Lipinski definition) is 1. The maximum absolute atomic E-state index is 8.57. The average molecular weight is 118 g/mol. The van der Waals surface area contributed by atoms with Gasteiger partial charge in [-0.25, -0.2) is 0 Å². The summed E-state index contributed by atoms with van der Waals surface area (Å²) in [5.41, 5.74) is 0. The Bertz CT molecular complexity index is 25.5. The van der Waals surface area contributed by atoms with Gasteiger partial charge in [-0.2, -0.15) is 0 Å². The van der Waals surface area contributed by atoms with Gasteiger partial charge in [0.2, 0.25) is 0 Å². The van der Waals surface area contributed by atoms with E-state index in [0.29, 0.717) is 0 Å². The van der Waals surface area contributed by atoms with Crippen molar-refractivity contribution in [2.24, 2.45) is 0 Å². The van der Waals surface area contributed by atoms with Crippen LogP contribution in [-0.2, 0) is 4.57 Å². The molecule has 34 valence electrons. The Morgan fingerprint density at radius 2 is 2.00 bits per heavy atom. The molecule has 0 amide bonds. The molecule has 0 saturated heterocycles. The van der Waals surface area contributed by atoms with E-state index in [1.807, 2.05) is 0 Å². The van der Waals surface area contributed by atoms with Crippen molar-refractivity contribution in [2.45, 2.75) is 10.6 Å². The molecule has 1 atom stereocenters. The maximum Gasteiger partial charge on any atom is 0.177 e. The second-order valence-electron chi connectivity index (χ2n) is 0.813. The third kappa shape index (κ3) is 64.3. The molecule has 0 aliphatic heterocycles. The summed E-state index contributed by atoms with van der Waals surface area (Å²) < 4.78 is 9.96. The quantitative estimate of drug-likeness (QED) is 0.365. The largest absolute Gasteiger partial charge is 0.348 e. The van der Waals surface area contributed by atoms with Crippen LogP contribution in [-0.4, -0.2) is 32.8 Å². The Labute approximate surface area is 56.6 Å². The molecule has 0 saturated carbocycles. The first kappa shape index (κ1) is 10.2. The summed E-state index contributed by atoms with van der Waals surface area (Å²) in [7, 11) is -1.50. The molecule has 0 aliphatic rings. The zero-order valence-corrected chi connectivity index (χ0v) is 7.29. The molecule has 0 fully saturated rings. The Kier molecular flexibility index (Phi) is 27.9. The molecule has 0 bridgehead atoms. The molecule has 1 unspecified atom stereocenters. The predicted molar refractivity (Wildman–Crippen MR) is 28.9 cm³/mol. The van der Waals surface area contributed by atoms with E-state index in [2.05, 4.69) is 6.92 Å². The molecular weight excluding hydrogens is 110 g/mol. The molecule has 0 aromatic heterocycles. The van der Waals surface area contributed by atoms with E-state index in [1.165, 1.54) is 31.6 Å². The van der Waals surface area contributed by atoms with Gasteiger partial charge in [0.1, 0.15) is 0 Å². The van der Waals surface area contributed by atoms with Crippen LogP contribution in [0, 0.1) is 0 Å². The van der Waals surface area contributed by atoms with Crippen molar-refractivity contribution in [1.82, 2.24) is 0 Å². The van der Waals surface area contributed by atoms with E-state index < -0.39 is 8.69 Å². The standard InChI is InChI=1S/C2H5.Na.H3O2P/c1-2;;1-3-2/h1H2,2H3;;3H2,(H,1,2). The van der Waals surface area contributed by atoms with E-state index in [4.69, 9.17) is 9.46 Å².